The fourth-order valence-corrected chi connectivity index (χ4v) is 4.29. The zero-order valence-electron chi connectivity index (χ0n) is 15.9. The summed E-state index contributed by atoms with van der Waals surface area (Å²) in [6.07, 6.45) is 1.53. The van der Waals surface area contributed by atoms with Crippen LogP contribution in [0.1, 0.15) is 21.5 Å². The molecule has 1 aliphatic rings. The van der Waals surface area contributed by atoms with Gasteiger partial charge in [-0.2, -0.15) is 0 Å². The normalized spacial score (nSPS) is 14.3. The number of benzene rings is 3. The lowest BCUT2D eigenvalue weighted by Gasteiger charge is -2.10. The van der Waals surface area contributed by atoms with Gasteiger partial charge in [-0.15, -0.1) is 0 Å². The van der Waals surface area contributed by atoms with Crippen LogP contribution in [0.25, 0.3) is 6.08 Å². The molecule has 0 radical (unpaired) electrons. The summed E-state index contributed by atoms with van der Waals surface area (Å²) in [5.41, 5.74) is 1.51. The van der Waals surface area contributed by atoms with Gasteiger partial charge in [-0.05, 0) is 104 Å². The second-order valence-corrected chi connectivity index (χ2v) is 8.70. The van der Waals surface area contributed by atoms with Gasteiger partial charge >= 0.3 is 11.9 Å². The Hall–Kier alpha value is -2.81. The van der Waals surface area contributed by atoms with E-state index in [9.17, 15) is 14.0 Å². The first-order chi connectivity index (χ1) is 15.3. The van der Waals surface area contributed by atoms with Gasteiger partial charge in [-0.3, -0.25) is 0 Å². The highest BCUT2D eigenvalue weighted by Crippen LogP contribution is 2.36. The number of esters is 2. The Morgan fingerprint density at radius 3 is 2.28 bits per heavy atom. The molecule has 1 heterocycles. The van der Waals surface area contributed by atoms with E-state index in [2.05, 4.69) is 36.9 Å². The standard InChI is InChI=1S/C23H11Br2ClFNO4/c24-17-9-12(10-18(25)20(17)31-22(29)14-1-5-15(26)6-2-14)11-19-23(30)32-21(28-19)13-3-7-16(27)8-4-13/h1-11H/b19-11-. The van der Waals surface area contributed by atoms with E-state index in [0.717, 1.165) is 0 Å². The van der Waals surface area contributed by atoms with Gasteiger partial charge in [0.15, 0.2) is 11.4 Å². The van der Waals surface area contributed by atoms with Crippen molar-refractivity contribution in [3.8, 4) is 5.75 Å². The number of hydrogen-bond donors (Lipinski definition) is 0. The highest BCUT2D eigenvalue weighted by molar-refractivity contribution is 9.11. The van der Waals surface area contributed by atoms with E-state index in [1.165, 1.54) is 30.3 Å². The average Bonchev–Trinajstić information content (AvgIpc) is 3.11. The zero-order valence-corrected chi connectivity index (χ0v) is 19.9. The molecule has 160 valence electrons. The molecule has 0 amide bonds. The minimum Gasteiger partial charge on any atom is -0.421 e. The van der Waals surface area contributed by atoms with Crippen LogP contribution in [0.5, 0.6) is 5.75 Å². The second-order valence-electron chi connectivity index (χ2n) is 6.55. The van der Waals surface area contributed by atoms with Gasteiger partial charge in [0.2, 0.25) is 5.90 Å². The van der Waals surface area contributed by atoms with E-state index in [1.807, 2.05) is 0 Å². The Kier molecular flexibility index (Phi) is 6.55. The van der Waals surface area contributed by atoms with Gasteiger partial charge in [0.05, 0.1) is 14.5 Å². The SMILES string of the molecule is O=C1OC(c2ccc(F)cc2)=N/C1=C\c1cc(Br)c(OC(=O)c2ccc(Cl)cc2)c(Br)c1. The molecule has 9 heteroatoms. The Labute approximate surface area is 203 Å². The molecule has 0 fully saturated rings. The van der Waals surface area contributed by atoms with Crippen LogP contribution in [0.3, 0.4) is 0 Å². The molecule has 32 heavy (non-hydrogen) atoms. The quantitative estimate of drug-likeness (QED) is 0.199. The first-order valence-corrected chi connectivity index (χ1v) is 11.0. The summed E-state index contributed by atoms with van der Waals surface area (Å²) >= 11 is 12.6. The van der Waals surface area contributed by atoms with Crippen molar-refractivity contribution < 1.29 is 23.5 Å². The summed E-state index contributed by atoms with van der Waals surface area (Å²) in [6.45, 7) is 0. The Bertz CT molecular complexity index is 1270. The Morgan fingerprint density at radius 2 is 1.66 bits per heavy atom. The molecule has 0 saturated carbocycles. The summed E-state index contributed by atoms with van der Waals surface area (Å²) in [4.78, 5) is 28.8. The highest BCUT2D eigenvalue weighted by atomic mass is 79.9. The predicted octanol–water partition coefficient (Wildman–Crippen LogP) is 6.57. The minimum absolute atomic E-state index is 0.0778. The van der Waals surface area contributed by atoms with Gasteiger partial charge in [-0.25, -0.2) is 19.0 Å². The molecule has 1 aliphatic heterocycles. The molecule has 5 nitrogen and oxygen atoms in total. The smallest absolute Gasteiger partial charge is 0.363 e. The van der Waals surface area contributed by atoms with Crippen molar-refractivity contribution in [1.82, 2.24) is 0 Å². The van der Waals surface area contributed by atoms with E-state index in [0.29, 0.717) is 30.7 Å². The second kappa shape index (κ2) is 9.36. The third kappa shape index (κ3) is 4.98. The average molecular weight is 580 g/mol. The van der Waals surface area contributed by atoms with Crippen LogP contribution in [-0.4, -0.2) is 17.8 Å². The van der Waals surface area contributed by atoms with Crippen LogP contribution < -0.4 is 4.74 Å². The molecule has 0 N–H and O–H groups in total. The van der Waals surface area contributed by atoms with Gasteiger partial charge < -0.3 is 9.47 Å². The fourth-order valence-electron chi connectivity index (χ4n) is 2.78. The van der Waals surface area contributed by atoms with Gasteiger partial charge in [0.1, 0.15) is 5.82 Å². The van der Waals surface area contributed by atoms with E-state index >= 15 is 0 Å². The zero-order chi connectivity index (χ0) is 22.8. The number of hydrogen-bond acceptors (Lipinski definition) is 5. The maximum atomic E-state index is 13.1. The third-order valence-electron chi connectivity index (χ3n) is 4.31. The van der Waals surface area contributed by atoms with Crippen molar-refractivity contribution in [3.05, 3.63) is 103 Å². The summed E-state index contributed by atoms with van der Waals surface area (Å²) in [5.74, 6) is -1.22. The Balaban J connectivity index is 1.58. The fraction of sp³-hybridized carbons (Fsp3) is 0. The van der Waals surface area contributed by atoms with E-state index in [4.69, 9.17) is 21.1 Å². The molecule has 0 atom stereocenters. The molecule has 0 unspecified atom stereocenters. The van der Waals surface area contributed by atoms with Gasteiger partial charge in [0, 0.05) is 10.6 Å². The number of aliphatic imine (C=N–C) groups is 1. The molecule has 3 aromatic rings. The van der Waals surface area contributed by atoms with Gasteiger partial charge in [-0.1, -0.05) is 11.6 Å². The van der Waals surface area contributed by atoms with Crippen LogP contribution in [0, 0.1) is 5.82 Å². The van der Waals surface area contributed by atoms with Crippen molar-refractivity contribution in [1.29, 1.82) is 0 Å². The number of cyclic esters (lactones) is 1. The lowest BCUT2D eigenvalue weighted by molar-refractivity contribution is -0.129. The molecule has 0 aromatic heterocycles. The van der Waals surface area contributed by atoms with Crippen LogP contribution >= 0.6 is 43.5 Å². The van der Waals surface area contributed by atoms with Crippen LogP contribution in [0.4, 0.5) is 4.39 Å². The molecule has 0 saturated heterocycles. The summed E-state index contributed by atoms with van der Waals surface area (Å²) in [6, 6.07) is 15.1. The van der Waals surface area contributed by atoms with E-state index in [1.54, 1.807) is 36.4 Å². The maximum Gasteiger partial charge on any atom is 0.363 e. The molecule has 3 aromatic carbocycles. The lowest BCUT2D eigenvalue weighted by atomic mass is 10.2. The van der Waals surface area contributed by atoms with E-state index < -0.39 is 17.8 Å². The number of rotatable bonds is 4. The molecular weight excluding hydrogens is 569 g/mol. The van der Waals surface area contributed by atoms with Crippen molar-refractivity contribution in [2.45, 2.75) is 0 Å². The summed E-state index contributed by atoms with van der Waals surface area (Å²) < 4.78 is 24.7. The lowest BCUT2D eigenvalue weighted by Crippen LogP contribution is -2.09. The third-order valence-corrected chi connectivity index (χ3v) is 5.74. The minimum atomic E-state index is -0.630. The first-order valence-electron chi connectivity index (χ1n) is 9.05. The van der Waals surface area contributed by atoms with Crippen molar-refractivity contribution >= 4 is 67.4 Å². The number of carbonyl (C=O) groups is 2. The van der Waals surface area contributed by atoms with Crippen molar-refractivity contribution in [2.24, 2.45) is 4.99 Å². The molecule has 0 aliphatic carbocycles. The molecule has 0 bridgehead atoms. The predicted molar refractivity (Wildman–Crippen MR) is 125 cm³/mol. The largest absolute Gasteiger partial charge is 0.421 e. The van der Waals surface area contributed by atoms with Crippen molar-refractivity contribution in [2.75, 3.05) is 0 Å². The van der Waals surface area contributed by atoms with E-state index in [-0.39, 0.29) is 17.3 Å². The van der Waals surface area contributed by atoms with Gasteiger partial charge in [0.25, 0.3) is 0 Å². The molecule has 0 spiro atoms. The molecular formula is C23H11Br2ClFNO4. The Morgan fingerprint density at radius 1 is 1.03 bits per heavy atom. The van der Waals surface area contributed by atoms with Crippen LogP contribution in [0.15, 0.2) is 80.3 Å². The van der Waals surface area contributed by atoms with Crippen LogP contribution in [0.2, 0.25) is 5.02 Å². The summed E-state index contributed by atoms with van der Waals surface area (Å²) in [5, 5.41) is 0.511. The first kappa shape index (κ1) is 22.4. The number of halogens is 4. The maximum absolute atomic E-state index is 13.1. The number of ether oxygens (including phenoxy) is 2. The topological polar surface area (TPSA) is 65.0 Å². The van der Waals surface area contributed by atoms with Crippen LogP contribution in [-0.2, 0) is 9.53 Å². The molecule has 4 rings (SSSR count). The highest BCUT2D eigenvalue weighted by Gasteiger charge is 2.24. The number of carbonyl (C=O) groups excluding carboxylic acids is 2. The van der Waals surface area contributed by atoms with Crippen molar-refractivity contribution in [3.63, 3.8) is 0 Å². The monoisotopic (exact) mass is 577 g/mol. The summed E-state index contributed by atoms with van der Waals surface area (Å²) in [7, 11) is 0. The number of nitrogens with zero attached hydrogens (tertiary/aromatic N) is 1.